The van der Waals surface area contributed by atoms with E-state index in [0.29, 0.717) is 0 Å². The van der Waals surface area contributed by atoms with E-state index in [-0.39, 0.29) is 0 Å². The molecule has 1 saturated heterocycles. The SMILES string of the molecule is CCc1cc(N2CCOCC2)cc(C)n1. The van der Waals surface area contributed by atoms with Crippen molar-refractivity contribution in [2.75, 3.05) is 31.2 Å². The second-order valence-corrected chi connectivity index (χ2v) is 3.91. The van der Waals surface area contributed by atoms with Gasteiger partial charge in [0.1, 0.15) is 0 Å². The lowest BCUT2D eigenvalue weighted by Gasteiger charge is -2.29. The van der Waals surface area contributed by atoms with Crippen LogP contribution in [0.4, 0.5) is 5.69 Å². The van der Waals surface area contributed by atoms with E-state index in [4.69, 9.17) is 4.74 Å². The molecule has 1 aliphatic heterocycles. The van der Waals surface area contributed by atoms with Crippen LogP contribution in [0.5, 0.6) is 0 Å². The number of pyridine rings is 1. The summed E-state index contributed by atoms with van der Waals surface area (Å²) < 4.78 is 5.35. The van der Waals surface area contributed by atoms with E-state index in [2.05, 4.69) is 35.9 Å². The van der Waals surface area contributed by atoms with E-state index in [1.807, 2.05) is 0 Å². The van der Waals surface area contributed by atoms with Crippen molar-refractivity contribution in [3.63, 3.8) is 0 Å². The summed E-state index contributed by atoms with van der Waals surface area (Å²) in [6, 6.07) is 4.35. The molecule has 0 amide bonds. The Morgan fingerprint density at radius 1 is 1.33 bits per heavy atom. The predicted octanol–water partition coefficient (Wildman–Crippen LogP) is 1.79. The molecule has 0 radical (unpaired) electrons. The fourth-order valence-electron chi connectivity index (χ4n) is 1.90. The Bertz CT molecular complexity index is 332. The Labute approximate surface area is 91.1 Å². The van der Waals surface area contributed by atoms with Crippen LogP contribution in [-0.4, -0.2) is 31.3 Å². The lowest BCUT2D eigenvalue weighted by Crippen LogP contribution is -2.36. The minimum atomic E-state index is 0.836. The molecule has 3 heteroatoms. The molecular formula is C12H18N2O. The maximum Gasteiger partial charge on any atom is 0.0642 e. The van der Waals surface area contributed by atoms with Crippen molar-refractivity contribution in [1.82, 2.24) is 4.98 Å². The molecule has 15 heavy (non-hydrogen) atoms. The number of hydrogen-bond acceptors (Lipinski definition) is 3. The fraction of sp³-hybridized carbons (Fsp3) is 0.583. The zero-order valence-corrected chi connectivity index (χ0v) is 9.49. The van der Waals surface area contributed by atoms with Crippen molar-refractivity contribution >= 4 is 5.69 Å². The number of rotatable bonds is 2. The van der Waals surface area contributed by atoms with E-state index in [1.54, 1.807) is 0 Å². The van der Waals surface area contributed by atoms with E-state index >= 15 is 0 Å². The molecule has 1 aromatic rings. The summed E-state index contributed by atoms with van der Waals surface area (Å²) in [5, 5.41) is 0. The first kappa shape index (κ1) is 10.4. The number of aryl methyl sites for hydroxylation is 2. The lowest BCUT2D eigenvalue weighted by molar-refractivity contribution is 0.122. The van der Waals surface area contributed by atoms with Crippen molar-refractivity contribution in [3.05, 3.63) is 23.5 Å². The third-order valence-electron chi connectivity index (χ3n) is 2.73. The largest absolute Gasteiger partial charge is 0.378 e. The minimum absolute atomic E-state index is 0.836. The molecule has 2 heterocycles. The molecule has 82 valence electrons. The quantitative estimate of drug-likeness (QED) is 0.737. The molecule has 1 aromatic heterocycles. The highest BCUT2D eigenvalue weighted by Crippen LogP contribution is 2.18. The second kappa shape index (κ2) is 4.62. The number of morpholine rings is 1. The Balaban J connectivity index is 2.22. The van der Waals surface area contributed by atoms with Gasteiger partial charge in [0.15, 0.2) is 0 Å². The smallest absolute Gasteiger partial charge is 0.0642 e. The molecule has 0 spiro atoms. The second-order valence-electron chi connectivity index (χ2n) is 3.91. The van der Waals surface area contributed by atoms with Crippen molar-refractivity contribution in [2.24, 2.45) is 0 Å². The number of nitrogens with zero attached hydrogens (tertiary/aromatic N) is 2. The monoisotopic (exact) mass is 206 g/mol. The Morgan fingerprint density at radius 3 is 2.73 bits per heavy atom. The highest BCUT2D eigenvalue weighted by Gasteiger charge is 2.12. The van der Waals surface area contributed by atoms with Gasteiger partial charge in [-0.25, -0.2) is 0 Å². The first-order valence-electron chi connectivity index (χ1n) is 5.60. The van der Waals surface area contributed by atoms with Gasteiger partial charge >= 0.3 is 0 Å². The van der Waals surface area contributed by atoms with Gasteiger partial charge in [0, 0.05) is 30.2 Å². The molecular weight excluding hydrogens is 188 g/mol. The predicted molar refractivity (Wildman–Crippen MR) is 61.4 cm³/mol. The lowest BCUT2D eigenvalue weighted by atomic mass is 10.2. The van der Waals surface area contributed by atoms with Gasteiger partial charge in [0.05, 0.1) is 13.2 Å². The Hall–Kier alpha value is -1.09. The van der Waals surface area contributed by atoms with Gasteiger partial charge in [-0.2, -0.15) is 0 Å². The molecule has 2 rings (SSSR count). The van der Waals surface area contributed by atoms with Crippen LogP contribution in [0.1, 0.15) is 18.3 Å². The van der Waals surface area contributed by atoms with Gasteiger partial charge in [0.2, 0.25) is 0 Å². The van der Waals surface area contributed by atoms with Gasteiger partial charge in [-0.3, -0.25) is 4.98 Å². The summed E-state index contributed by atoms with van der Waals surface area (Å²) in [5.41, 5.74) is 3.58. The summed E-state index contributed by atoms with van der Waals surface area (Å²) >= 11 is 0. The summed E-state index contributed by atoms with van der Waals surface area (Å²) in [6.07, 6.45) is 0.999. The first-order chi connectivity index (χ1) is 7.29. The maximum absolute atomic E-state index is 5.35. The molecule has 0 atom stereocenters. The third kappa shape index (κ3) is 2.48. The standard InChI is InChI=1S/C12H18N2O/c1-3-11-9-12(8-10(2)13-11)14-4-6-15-7-5-14/h8-9H,3-7H2,1-2H3. The van der Waals surface area contributed by atoms with Gasteiger partial charge in [0.25, 0.3) is 0 Å². The molecule has 0 aliphatic carbocycles. The number of hydrogen-bond donors (Lipinski definition) is 0. The van der Waals surface area contributed by atoms with Crippen LogP contribution in [0.25, 0.3) is 0 Å². The fourth-order valence-corrected chi connectivity index (χ4v) is 1.90. The molecule has 1 aliphatic rings. The maximum atomic E-state index is 5.35. The van der Waals surface area contributed by atoms with E-state index in [9.17, 15) is 0 Å². The Kier molecular flexibility index (Phi) is 3.21. The van der Waals surface area contributed by atoms with Gasteiger partial charge in [-0.05, 0) is 25.5 Å². The van der Waals surface area contributed by atoms with Crippen molar-refractivity contribution < 1.29 is 4.74 Å². The topological polar surface area (TPSA) is 25.4 Å². The highest BCUT2D eigenvalue weighted by molar-refractivity contribution is 5.48. The van der Waals surface area contributed by atoms with Crippen molar-refractivity contribution in [1.29, 1.82) is 0 Å². The minimum Gasteiger partial charge on any atom is -0.378 e. The number of aromatic nitrogens is 1. The molecule has 0 aromatic carbocycles. The highest BCUT2D eigenvalue weighted by atomic mass is 16.5. The normalized spacial score (nSPS) is 16.8. The molecule has 1 fully saturated rings. The van der Waals surface area contributed by atoms with E-state index < -0.39 is 0 Å². The van der Waals surface area contributed by atoms with Gasteiger partial charge in [-0.15, -0.1) is 0 Å². The molecule has 0 N–H and O–H groups in total. The number of ether oxygens (including phenoxy) is 1. The molecule has 0 bridgehead atoms. The summed E-state index contributed by atoms with van der Waals surface area (Å²) in [5.74, 6) is 0. The summed E-state index contributed by atoms with van der Waals surface area (Å²) in [7, 11) is 0. The third-order valence-corrected chi connectivity index (χ3v) is 2.73. The summed E-state index contributed by atoms with van der Waals surface area (Å²) in [6.45, 7) is 7.86. The first-order valence-corrected chi connectivity index (χ1v) is 5.60. The van der Waals surface area contributed by atoms with Crippen LogP contribution < -0.4 is 4.90 Å². The van der Waals surface area contributed by atoms with Crippen LogP contribution in [0.3, 0.4) is 0 Å². The molecule has 3 nitrogen and oxygen atoms in total. The molecule has 0 saturated carbocycles. The average molecular weight is 206 g/mol. The van der Waals surface area contributed by atoms with Crippen LogP contribution in [0.15, 0.2) is 12.1 Å². The van der Waals surface area contributed by atoms with Crippen molar-refractivity contribution in [2.45, 2.75) is 20.3 Å². The van der Waals surface area contributed by atoms with E-state index in [1.165, 1.54) is 11.4 Å². The van der Waals surface area contributed by atoms with Crippen LogP contribution in [0.2, 0.25) is 0 Å². The van der Waals surface area contributed by atoms with Crippen LogP contribution in [0, 0.1) is 6.92 Å². The van der Waals surface area contributed by atoms with Crippen LogP contribution in [-0.2, 0) is 11.2 Å². The van der Waals surface area contributed by atoms with Gasteiger partial charge < -0.3 is 9.64 Å². The zero-order chi connectivity index (χ0) is 10.7. The Morgan fingerprint density at radius 2 is 2.07 bits per heavy atom. The van der Waals surface area contributed by atoms with Gasteiger partial charge in [-0.1, -0.05) is 6.92 Å². The summed E-state index contributed by atoms with van der Waals surface area (Å²) in [4.78, 5) is 6.86. The number of anilines is 1. The average Bonchev–Trinajstić information content (AvgIpc) is 2.29. The van der Waals surface area contributed by atoms with Crippen LogP contribution >= 0.6 is 0 Å². The van der Waals surface area contributed by atoms with Crippen molar-refractivity contribution in [3.8, 4) is 0 Å². The van der Waals surface area contributed by atoms with E-state index in [0.717, 1.165) is 38.4 Å². The zero-order valence-electron chi connectivity index (χ0n) is 9.49. The molecule has 0 unspecified atom stereocenters.